The van der Waals surface area contributed by atoms with Crippen molar-refractivity contribution in [1.82, 2.24) is 9.88 Å². The number of likely N-dealkylation sites (tertiary alicyclic amines) is 1. The highest BCUT2D eigenvalue weighted by Crippen LogP contribution is 2.20. The van der Waals surface area contributed by atoms with Crippen molar-refractivity contribution >= 4 is 22.0 Å². The quantitative estimate of drug-likeness (QED) is 0.884. The molecule has 0 spiro atoms. The number of aliphatic hydroxyl groups is 1. The summed E-state index contributed by atoms with van der Waals surface area (Å²) in [5.41, 5.74) is 0.768. The van der Waals surface area contributed by atoms with Crippen LogP contribution in [-0.2, 0) is 6.61 Å². The fourth-order valence-electron chi connectivity index (χ4n) is 2.09. The third kappa shape index (κ3) is 4.00. The number of hydrogen-bond donors (Lipinski definition) is 1. The highest BCUT2D eigenvalue weighted by atomic mass is 79.9. The van der Waals surface area contributed by atoms with E-state index >= 15 is 0 Å². The van der Waals surface area contributed by atoms with Gasteiger partial charge in [-0.05, 0) is 39.7 Å². The molecule has 0 aliphatic carbocycles. The Kier molecular flexibility index (Phi) is 4.78. The summed E-state index contributed by atoms with van der Waals surface area (Å²) in [4.78, 5) is 17.7. The van der Waals surface area contributed by atoms with E-state index in [1.807, 2.05) is 6.07 Å². The molecule has 1 fully saturated rings. The number of carbonyl (C=O) groups is 1. The molecule has 1 aromatic carbocycles. The van der Waals surface area contributed by atoms with E-state index in [-0.39, 0.29) is 12.7 Å². The number of halogens is 1. The number of aromatic nitrogens is 1. The lowest BCUT2D eigenvalue weighted by molar-refractivity contribution is 0.0258. The Labute approximate surface area is 141 Å². The molecule has 2 heterocycles. The minimum absolute atomic E-state index is 0.0382. The number of rotatable bonds is 4. The van der Waals surface area contributed by atoms with Gasteiger partial charge in [-0.1, -0.05) is 12.1 Å². The first kappa shape index (κ1) is 15.8. The van der Waals surface area contributed by atoms with Crippen molar-refractivity contribution in [3.05, 3.63) is 52.6 Å². The number of pyridine rings is 1. The minimum atomic E-state index is -0.412. The molecular weight excluding hydrogens is 364 g/mol. The number of amides is 1. The first-order valence-corrected chi connectivity index (χ1v) is 7.88. The molecule has 2 aromatic rings. The highest BCUT2D eigenvalue weighted by molar-refractivity contribution is 9.10. The predicted molar refractivity (Wildman–Crippen MR) is 86.3 cm³/mol. The number of carbonyl (C=O) groups excluding carboxylic acids is 1. The van der Waals surface area contributed by atoms with Crippen LogP contribution in [0, 0.1) is 0 Å². The second kappa shape index (κ2) is 6.97. The van der Waals surface area contributed by atoms with Crippen LogP contribution in [0.15, 0.2) is 47.1 Å². The predicted octanol–water partition coefficient (Wildman–Crippen LogP) is 2.60. The molecule has 0 atom stereocenters. The highest BCUT2D eigenvalue weighted by Gasteiger charge is 2.33. The fourth-order valence-corrected chi connectivity index (χ4v) is 2.33. The van der Waals surface area contributed by atoms with Crippen molar-refractivity contribution in [2.24, 2.45) is 0 Å². The molecule has 1 aromatic heterocycles. The summed E-state index contributed by atoms with van der Waals surface area (Å²) in [6.07, 6.45) is 1.18. The van der Waals surface area contributed by atoms with Gasteiger partial charge >= 0.3 is 6.09 Å². The Bertz CT molecular complexity index is 669. The zero-order chi connectivity index (χ0) is 16.2. The molecular formula is C16H15BrN2O4. The third-order valence-electron chi connectivity index (χ3n) is 3.40. The SMILES string of the molecule is O=C(Oc1ccc(CO)cc1)N1CC(Oc2ccc(Br)cn2)C1. The molecule has 120 valence electrons. The summed E-state index contributed by atoms with van der Waals surface area (Å²) in [5.74, 6) is 0.983. The van der Waals surface area contributed by atoms with Gasteiger partial charge < -0.3 is 19.5 Å². The molecule has 23 heavy (non-hydrogen) atoms. The monoisotopic (exact) mass is 378 g/mol. The average Bonchev–Trinajstić information content (AvgIpc) is 2.53. The van der Waals surface area contributed by atoms with Gasteiger partial charge in [0.2, 0.25) is 5.88 Å². The molecule has 1 N–H and O–H groups in total. The van der Waals surface area contributed by atoms with Crippen LogP contribution in [-0.4, -0.2) is 40.3 Å². The third-order valence-corrected chi connectivity index (χ3v) is 3.87. The molecule has 0 bridgehead atoms. The molecule has 1 aliphatic rings. The Hall–Kier alpha value is -2.12. The van der Waals surface area contributed by atoms with E-state index < -0.39 is 6.09 Å². The zero-order valence-electron chi connectivity index (χ0n) is 12.2. The van der Waals surface area contributed by atoms with Gasteiger partial charge in [0.05, 0.1) is 19.7 Å². The van der Waals surface area contributed by atoms with E-state index in [1.165, 1.54) is 0 Å². The van der Waals surface area contributed by atoms with Gasteiger partial charge in [0.25, 0.3) is 0 Å². The van der Waals surface area contributed by atoms with Crippen LogP contribution < -0.4 is 9.47 Å². The Morgan fingerprint density at radius 1 is 1.26 bits per heavy atom. The summed E-state index contributed by atoms with van der Waals surface area (Å²) in [6.45, 7) is 0.889. The van der Waals surface area contributed by atoms with Gasteiger partial charge in [0.15, 0.2) is 0 Å². The van der Waals surface area contributed by atoms with Crippen LogP contribution in [0.5, 0.6) is 11.6 Å². The van der Waals surface area contributed by atoms with E-state index in [2.05, 4.69) is 20.9 Å². The van der Waals surface area contributed by atoms with Gasteiger partial charge in [-0.3, -0.25) is 0 Å². The van der Waals surface area contributed by atoms with Gasteiger partial charge in [0, 0.05) is 16.7 Å². The molecule has 0 radical (unpaired) electrons. The second-order valence-electron chi connectivity index (χ2n) is 5.13. The Balaban J connectivity index is 1.46. The molecule has 0 unspecified atom stereocenters. The topological polar surface area (TPSA) is 71.9 Å². The summed E-state index contributed by atoms with van der Waals surface area (Å²) in [7, 11) is 0. The summed E-state index contributed by atoms with van der Waals surface area (Å²) in [5, 5.41) is 8.97. The minimum Gasteiger partial charge on any atom is -0.471 e. The molecule has 3 rings (SSSR count). The van der Waals surface area contributed by atoms with Crippen LogP contribution in [0.25, 0.3) is 0 Å². The fraction of sp³-hybridized carbons (Fsp3) is 0.250. The van der Waals surface area contributed by atoms with Crippen molar-refractivity contribution in [2.75, 3.05) is 13.1 Å². The zero-order valence-corrected chi connectivity index (χ0v) is 13.8. The van der Waals surface area contributed by atoms with E-state index in [1.54, 1.807) is 41.4 Å². The molecule has 7 heteroatoms. The number of ether oxygens (including phenoxy) is 2. The maximum absolute atomic E-state index is 12.0. The summed E-state index contributed by atoms with van der Waals surface area (Å²) >= 11 is 3.31. The molecule has 1 aliphatic heterocycles. The van der Waals surface area contributed by atoms with Crippen molar-refractivity contribution in [3.63, 3.8) is 0 Å². The van der Waals surface area contributed by atoms with Crippen LogP contribution in [0.4, 0.5) is 4.79 Å². The van der Waals surface area contributed by atoms with E-state index in [0.717, 1.165) is 10.0 Å². The lowest BCUT2D eigenvalue weighted by atomic mass is 10.2. The van der Waals surface area contributed by atoms with E-state index in [4.69, 9.17) is 14.6 Å². The maximum Gasteiger partial charge on any atom is 0.415 e. The standard InChI is InChI=1S/C16H15BrN2O4/c17-12-3-6-15(18-7-12)22-14-8-19(9-14)16(21)23-13-4-1-11(10-20)2-5-13/h1-7,14,20H,8-10H2. The van der Waals surface area contributed by atoms with Gasteiger partial charge in [-0.25, -0.2) is 9.78 Å². The summed E-state index contributed by atoms with van der Waals surface area (Å²) in [6, 6.07) is 10.4. The van der Waals surface area contributed by atoms with Crippen LogP contribution in [0.1, 0.15) is 5.56 Å². The van der Waals surface area contributed by atoms with E-state index in [9.17, 15) is 4.79 Å². The molecule has 1 saturated heterocycles. The van der Waals surface area contributed by atoms with Crippen LogP contribution >= 0.6 is 15.9 Å². The maximum atomic E-state index is 12.0. The number of benzene rings is 1. The van der Waals surface area contributed by atoms with E-state index in [0.29, 0.717) is 24.7 Å². The Morgan fingerprint density at radius 2 is 2.00 bits per heavy atom. The van der Waals surface area contributed by atoms with Crippen molar-refractivity contribution < 1.29 is 19.4 Å². The van der Waals surface area contributed by atoms with Crippen molar-refractivity contribution in [3.8, 4) is 11.6 Å². The van der Waals surface area contributed by atoms with Gasteiger partial charge in [-0.2, -0.15) is 0 Å². The summed E-state index contributed by atoms with van der Waals surface area (Å²) < 4.78 is 11.8. The number of aliphatic hydroxyl groups excluding tert-OH is 1. The van der Waals surface area contributed by atoms with Gasteiger partial charge in [-0.15, -0.1) is 0 Å². The normalized spacial score (nSPS) is 14.3. The second-order valence-corrected chi connectivity index (χ2v) is 6.05. The smallest absolute Gasteiger partial charge is 0.415 e. The molecule has 1 amide bonds. The number of hydrogen-bond acceptors (Lipinski definition) is 5. The molecule has 0 saturated carbocycles. The van der Waals surface area contributed by atoms with Crippen molar-refractivity contribution in [2.45, 2.75) is 12.7 Å². The Morgan fingerprint density at radius 3 is 2.61 bits per heavy atom. The van der Waals surface area contributed by atoms with Gasteiger partial charge in [0.1, 0.15) is 11.9 Å². The lowest BCUT2D eigenvalue weighted by Gasteiger charge is -2.37. The first-order chi connectivity index (χ1) is 11.1. The van der Waals surface area contributed by atoms with Crippen molar-refractivity contribution in [1.29, 1.82) is 0 Å². The largest absolute Gasteiger partial charge is 0.471 e. The molecule has 6 nitrogen and oxygen atoms in total. The average molecular weight is 379 g/mol. The number of nitrogens with zero attached hydrogens (tertiary/aromatic N) is 2. The first-order valence-electron chi connectivity index (χ1n) is 7.09. The van der Waals surface area contributed by atoms with Crippen LogP contribution in [0.2, 0.25) is 0 Å². The van der Waals surface area contributed by atoms with Crippen LogP contribution in [0.3, 0.4) is 0 Å². The lowest BCUT2D eigenvalue weighted by Crippen LogP contribution is -2.57.